The Hall–Kier alpha value is -1.71. The molecule has 0 aliphatic rings. The fraction of sp³-hybridized carbons (Fsp3) is 0.625. The van der Waals surface area contributed by atoms with E-state index in [0.717, 1.165) is 19.6 Å². The monoisotopic (exact) mass is 379 g/mol. The summed E-state index contributed by atoms with van der Waals surface area (Å²) in [6.45, 7) is 16.9. The molecule has 1 N–H and O–H groups in total. The summed E-state index contributed by atoms with van der Waals surface area (Å²) >= 11 is 0. The molecule has 0 saturated carbocycles. The Kier molecular flexibility index (Phi) is 13.9. The number of nitrogens with zero attached hydrogens (tertiary/aromatic N) is 1. The van der Waals surface area contributed by atoms with Gasteiger partial charge in [-0.25, -0.2) is 9.59 Å². The molecule has 0 heterocycles. The van der Waals surface area contributed by atoms with Crippen molar-refractivity contribution < 1.29 is 32.0 Å². The highest BCUT2D eigenvalue weighted by molar-refractivity contribution is 7.85. The SMILES string of the molecule is C=C(C)C(=O)OCCN(CC)CC.C=C(C)C(=O)OCCS(=O)(=O)O. The lowest BCUT2D eigenvalue weighted by Gasteiger charge is -2.17. The maximum Gasteiger partial charge on any atom is 0.333 e. The molecule has 0 aromatic carbocycles. The second-order valence-corrected chi connectivity index (χ2v) is 6.72. The Bertz CT molecular complexity index is 551. The molecule has 0 aliphatic heterocycles. The molecule has 0 unspecified atom stereocenters. The van der Waals surface area contributed by atoms with Crippen LogP contribution in [-0.2, 0) is 29.2 Å². The van der Waals surface area contributed by atoms with E-state index in [0.29, 0.717) is 12.2 Å². The van der Waals surface area contributed by atoms with Crippen LogP contribution < -0.4 is 0 Å². The fourth-order valence-electron chi connectivity index (χ4n) is 1.29. The molecule has 25 heavy (non-hydrogen) atoms. The van der Waals surface area contributed by atoms with E-state index in [1.165, 1.54) is 6.92 Å². The van der Waals surface area contributed by atoms with Crippen molar-refractivity contribution in [2.75, 3.05) is 38.6 Å². The average Bonchev–Trinajstić information content (AvgIpc) is 2.50. The van der Waals surface area contributed by atoms with E-state index in [4.69, 9.17) is 9.29 Å². The molecule has 0 aromatic rings. The van der Waals surface area contributed by atoms with Gasteiger partial charge >= 0.3 is 11.9 Å². The maximum atomic E-state index is 11.0. The number of hydrogen-bond donors (Lipinski definition) is 1. The molecule has 0 aliphatic carbocycles. The van der Waals surface area contributed by atoms with Gasteiger partial charge in [-0.05, 0) is 26.9 Å². The summed E-state index contributed by atoms with van der Waals surface area (Å²) in [5.74, 6) is -1.56. The Labute approximate surface area is 150 Å². The quantitative estimate of drug-likeness (QED) is 0.345. The van der Waals surface area contributed by atoms with Crippen molar-refractivity contribution in [1.82, 2.24) is 4.90 Å². The van der Waals surface area contributed by atoms with Gasteiger partial charge in [0.2, 0.25) is 0 Å². The molecule has 0 fully saturated rings. The summed E-state index contributed by atoms with van der Waals surface area (Å²) < 4.78 is 37.8. The van der Waals surface area contributed by atoms with Crippen LogP contribution in [0, 0.1) is 0 Å². The Morgan fingerprint density at radius 1 is 0.960 bits per heavy atom. The second-order valence-electron chi connectivity index (χ2n) is 5.15. The first-order valence-electron chi connectivity index (χ1n) is 7.77. The van der Waals surface area contributed by atoms with Crippen LogP contribution in [0.15, 0.2) is 24.3 Å². The third-order valence-electron chi connectivity index (χ3n) is 2.81. The topological polar surface area (TPSA) is 110 Å². The van der Waals surface area contributed by atoms with E-state index in [1.54, 1.807) is 6.92 Å². The van der Waals surface area contributed by atoms with Gasteiger partial charge in [0.05, 0.1) is 0 Å². The van der Waals surface area contributed by atoms with Crippen LogP contribution in [0.5, 0.6) is 0 Å². The van der Waals surface area contributed by atoms with E-state index in [-0.39, 0.29) is 18.1 Å². The molecule has 8 nitrogen and oxygen atoms in total. The lowest BCUT2D eigenvalue weighted by molar-refractivity contribution is -0.139. The van der Waals surface area contributed by atoms with Gasteiger partial charge in [-0.15, -0.1) is 0 Å². The van der Waals surface area contributed by atoms with Crippen LogP contribution >= 0.6 is 0 Å². The number of carbonyl (C=O) groups excluding carboxylic acids is 2. The molecule has 0 bridgehead atoms. The Morgan fingerprint density at radius 3 is 1.68 bits per heavy atom. The first-order valence-corrected chi connectivity index (χ1v) is 9.38. The van der Waals surface area contributed by atoms with Crippen LogP contribution in [-0.4, -0.2) is 68.4 Å². The van der Waals surface area contributed by atoms with Crippen molar-refractivity contribution in [1.29, 1.82) is 0 Å². The molecule has 9 heteroatoms. The number of rotatable bonds is 10. The summed E-state index contributed by atoms with van der Waals surface area (Å²) in [5, 5.41) is 0. The first kappa shape index (κ1) is 25.5. The van der Waals surface area contributed by atoms with E-state index in [1.807, 2.05) is 0 Å². The zero-order chi connectivity index (χ0) is 20.0. The normalized spacial score (nSPS) is 10.5. The summed E-state index contributed by atoms with van der Waals surface area (Å²) in [6.07, 6.45) is 0. The molecule has 0 atom stereocenters. The van der Waals surface area contributed by atoms with Crippen molar-refractivity contribution in [2.45, 2.75) is 27.7 Å². The smallest absolute Gasteiger partial charge is 0.333 e. The van der Waals surface area contributed by atoms with Gasteiger partial charge in [-0.1, -0.05) is 27.0 Å². The van der Waals surface area contributed by atoms with Crippen molar-refractivity contribution in [3.63, 3.8) is 0 Å². The summed E-state index contributed by atoms with van der Waals surface area (Å²) in [5.41, 5.74) is 0.643. The van der Waals surface area contributed by atoms with E-state index < -0.39 is 21.8 Å². The molecule has 0 aromatic heterocycles. The minimum Gasteiger partial charge on any atom is -0.461 e. The summed E-state index contributed by atoms with van der Waals surface area (Å²) in [7, 11) is -4.05. The van der Waals surface area contributed by atoms with Crippen molar-refractivity contribution in [2.24, 2.45) is 0 Å². The van der Waals surface area contributed by atoms with Crippen LogP contribution in [0.1, 0.15) is 27.7 Å². The molecule has 0 saturated heterocycles. The van der Waals surface area contributed by atoms with Gasteiger partial charge in [0, 0.05) is 17.7 Å². The van der Waals surface area contributed by atoms with Crippen LogP contribution in [0.2, 0.25) is 0 Å². The highest BCUT2D eigenvalue weighted by Gasteiger charge is 2.07. The number of ether oxygens (including phenoxy) is 2. The predicted molar refractivity (Wildman–Crippen MR) is 95.7 cm³/mol. The van der Waals surface area contributed by atoms with Crippen molar-refractivity contribution in [3.8, 4) is 0 Å². The standard InChI is InChI=1S/C10H19NO2.C6H10O5S/c1-5-11(6-2)7-8-13-10(12)9(3)4;1-5(2)6(7)11-3-4-12(8,9)10/h3,5-8H2,1-2,4H3;1,3-4H2,2H3,(H,8,9,10). The Morgan fingerprint density at radius 2 is 1.36 bits per heavy atom. The van der Waals surface area contributed by atoms with Gasteiger partial charge < -0.3 is 14.4 Å². The fourth-order valence-corrected chi connectivity index (χ4v) is 1.59. The number of likely N-dealkylation sites (N-methyl/N-ethyl adjacent to an activating group) is 1. The average molecular weight is 379 g/mol. The molecule has 0 spiro atoms. The van der Waals surface area contributed by atoms with E-state index in [9.17, 15) is 18.0 Å². The van der Waals surface area contributed by atoms with Gasteiger partial charge in [-0.3, -0.25) is 4.55 Å². The molecular formula is C16H29NO7S. The minimum absolute atomic E-state index is 0.185. The number of esters is 2. The summed E-state index contributed by atoms with van der Waals surface area (Å²) in [6, 6.07) is 0. The van der Waals surface area contributed by atoms with Gasteiger partial charge in [-0.2, -0.15) is 8.42 Å². The third kappa shape index (κ3) is 16.9. The zero-order valence-electron chi connectivity index (χ0n) is 15.4. The molecular weight excluding hydrogens is 350 g/mol. The second kappa shape index (κ2) is 13.6. The predicted octanol–water partition coefficient (Wildman–Crippen LogP) is 1.44. The molecule has 0 radical (unpaired) electrons. The largest absolute Gasteiger partial charge is 0.461 e. The molecule has 0 amide bonds. The molecule has 146 valence electrons. The zero-order valence-corrected chi connectivity index (χ0v) is 16.2. The van der Waals surface area contributed by atoms with Gasteiger partial charge in [0.15, 0.2) is 0 Å². The summed E-state index contributed by atoms with van der Waals surface area (Å²) in [4.78, 5) is 23.8. The highest BCUT2D eigenvalue weighted by atomic mass is 32.2. The maximum absolute atomic E-state index is 11.0. The van der Waals surface area contributed by atoms with Crippen LogP contribution in [0.4, 0.5) is 0 Å². The van der Waals surface area contributed by atoms with Crippen molar-refractivity contribution >= 4 is 22.1 Å². The highest BCUT2D eigenvalue weighted by Crippen LogP contribution is 1.94. The van der Waals surface area contributed by atoms with Crippen LogP contribution in [0.25, 0.3) is 0 Å². The Balaban J connectivity index is 0. The van der Waals surface area contributed by atoms with E-state index in [2.05, 4.69) is 36.6 Å². The third-order valence-corrected chi connectivity index (χ3v) is 3.49. The first-order chi connectivity index (χ1) is 11.4. The number of carbonyl (C=O) groups is 2. The van der Waals surface area contributed by atoms with Gasteiger partial charge in [0.1, 0.15) is 19.0 Å². The van der Waals surface area contributed by atoms with Crippen molar-refractivity contribution in [3.05, 3.63) is 24.3 Å². The lowest BCUT2D eigenvalue weighted by Crippen LogP contribution is -2.27. The van der Waals surface area contributed by atoms with Crippen LogP contribution in [0.3, 0.4) is 0 Å². The lowest BCUT2D eigenvalue weighted by atomic mass is 10.4. The van der Waals surface area contributed by atoms with E-state index >= 15 is 0 Å². The van der Waals surface area contributed by atoms with Gasteiger partial charge in [0.25, 0.3) is 10.1 Å². The number of hydrogen-bond acceptors (Lipinski definition) is 7. The molecule has 0 rings (SSSR count). The minimum atomic E-state index is -4.05.